The maximum Gasteiger partial charge on any atom is 0.349 e. The Morgan fingerprint density at radius 3 is 2.68 bits per heavy atom. The summed E-state index contributed by atoms with van der Waals surface area (Å²) in [6.07, 6.45) is 1.53. The van der Waals surface area contributed by atoms with E-state index in [9.17, 15) is 18.7 Å². The monoisotopic (exact) mass is 387 g/mol. The number of rotatable bonds is 4. The predicted octanol–water partition coefficient (Wildman–Crippen LogP) is 0.938. The Balaban J connectivity index is 1.85. The van der Waals surface area contributed by atoms with Crippen LogP contribution in [0, 0.1) is 11.6 Å². The van der Waals surface area contributed by atoms with Crippen molar-refractivity contribution < 1.29 is 23.2 Å². The van der Waals surface area contributed by atoms with Gasteiger partial charge in [0.2, 0.25) is 0 Å². The second-order valence-electron chi connectivity index (χ2n) is 6.64. The minimum Gasteiger partial charge on any atom is -0.842 e. The summed E-state index contributed by atoms with van der Waals surface area (Å²) in [5.74, 6) is -2.30. The first-order valence-electron chi connectivity index (χ1n) is 9.06. The van der Waals surface area contributed by atoms with Crippen molar-refractivity contribution in [3.8, 4) is 17.0 Å². The average Bonchev–Trinajstić information content (AvgIpc) is 2.70. The van der Waals surface area contributed by atoms with Gasteiger partial charge < -0.3 is 9.84 Å². The third-order valence-corrected chi connectivity index (χ3v) is 4.95. The molecule has 0 N–H and O–H groups in total. The van der Waals surface area contributed by atoms with Gasteiger partial charge in [-0.05, 0) is 18.2 Å². The van der Waals surface area contributed by atoms with Crippen LogP contribution in [0.3, 0.4) is 0 Å². The molecule has 2 aromatic heterocycles. The highest BCUT2D eigenvalue weighted by molar-refractivity contribution is 5.67. The van der Waals surface area contributed by atoms with Gasteiger partial charge in [0.1, 0.15) is 23.7 Å². The van der Waals surface area contributed by atoms with E-state index < -0.39 is 23.1 Å². The lowest BCUT2D eigenvalue weighted by atomic mass is 10.1. The highest BCUT2D eigenvalue weighted by Gasteiger charge is 2.23. The Kier molecular flexibility index (Phi) is 5.06. The Morgan fingerprint density at radius 2 is 1.93 bits per heavy atom. The zero-order valence-corrected chi connectivity index (χ0v) is 15.1. The van der Waals surface area contributed by atoms with Crippen LogP contribution >= 0.6 is 0 Å². The van der Waals surface area contributed by atoms with E-state index in [1.807, 2.05) is 0 Å². The molecule has 0 spiro atoms. The predicted molar refractivity (Wildman–Crippen MR) is 95.9 cm³/mol. The van der Waals surface area contributed by atoms with Crippen molar-refractivity contribution in [1.29, 1.82) is 0 Å². The molecule has 6 nitrogen and oxygen atoms in total. The lowest BCUT2D eigenvalue weighted by molar-refractivity contribution is -0.715. The fraction of sp³-hybridized carbons (Fsp3) is 0.300. The number of fused-ring (bicyclic) bond motifs is 1. The van der Waals surface area contributed by atoms with Crippen LogP contribution in [-0.2, 0) is 11.3 Å². The van der Waals surface area contributed by atoms with Gasteiger partial charge in [0.05, 0.1) is 25.3 Å². The Morgan fingerprint density at radius 1 is 1.14 bits per heavy atom. The number of nitrogens with zero attached hydrogens (tertiary/aromatic N) is 3. The van der Waals surface area contributed by atoms with Crippen molar-refractivity contribution in [3.05, 3.63) is 64.6 Å². The quantitative estimate of drug-likeness (QED) is 0.625. The lowest BCUT2D eigenvalue weighted by Crippen LogP contribution is -2.49. The topological polar surface area (TPSA) is 60.9 Å². The van der Waals surface area contributed by atoms with Gasteiger partial charge in [0, 0.05) is 37.3 Å². The molecular formula is C20H19F2N3O3. The van der Waals surface area contributed by atoms with Gasteiger partial charge in [0.15, 0.2) is 0 Å². The maximum atomic E-state index is 14.3. The van der Waals surface area contributed by atoms with E-state index in [4.69, 9.17) is 4.74 Å². The van der Waals surface area contributed by atoms with E-state index in [1.165, 1.54) is 15.2 Å². The first-order valence-corrected chi connectivity index (χ1v) is 9.06. The zero-order valence-electron chi connectivity index (χ0n) is 15.1. The fourth-order valence-electron chi connectivity index (χ4n) is 3.48. The molecule has 0 aliphatic carbocycles. The fourth-order valence-corrected chi connectivity index (χ4v) is 3.48. The second kappa shape index (κ2) is 7.65. The molecule has 1 fully saturated rings. The van der Waals surface area contributed by atoms with E-state index >= 15 is 0 Å². The molecule has 1 aromatic carbocycles. The minimum absolute atomic E-state index is 0.199. The third kappa shape index (κ3) is 3.36. The number of hydrogen-bond acceptors (Lipinski definition) is 4. The Labute approximate surface area is 159 Å². The zero-order chi connectivity index (χ0) is 19.7. The highest BCUT2D eigenvalue weighted by atomic mass is 19.1. The van der Waals surface area contributed by atoms with Gasteiger partial charge >= 0.3 is 5.56 Å². The minimum atomic E-state index is -0.940. The Hall–Kier alpha value is -2.84. The second-order valence-corrected chi connectivity index (χ2v) is 6.64. The van der Waals surface area contributed by atoms with Gasteiger partial charge in [-0.15, -0.1) is 0 Å². The van der Waals surface area contributed by atoms with Crippen LogP contribution in [0.1, 0.15) is 0 Å². The summed E-state index contributed by atoms with van der Waals surface area (Å²) in [5, 5.41) is 13.2. The van der Waals surface area contributed by atoms with Gasteiger partial charge in [-0.25, -0.2) is 18.1 Å². The molecule has 3 aromatic rings. The summed E-state index contributed by atoms with van der Waals surface area (Å²) in [4.78, 5) is 15.1. The molecule has 0 atom stereocenters. The molecule has 4 rings (SSSR count). The largest absolute Gasteiger partial charge is 0.842 e. The van der Waals surface area contributed by atoms with Crippen LogP contribution in [0.4, 0.5) is 8.78 Å². The van der Waals surface area contributed by atoms with Gasteiger partial charge in [0.25, 0.3) is 5.65 Å². The van der Waals surface area contributed by atoms with Crippen molar-refractivity contribution in [2.45, 2.75) is 6.54 Å². The number of aromatic nitrogens is 2. The number of halogens is 2. The van der Waals surface area contributed by atoms with Crippen molar-refractivity contribution in [2.24, 2.45) is 0 Å². The van der Waals surface area contributed by atoms with Gasteiger partial charge in [-0.1, -0.05) is 6.07 Å². The summed E-state index contributed by atoms with van der Waals surface area (Å²) in [5.41, 5.74) is -0.705. The number of hydrogen-bond donors (Lipinski definition) is 0. The van der Waals surface area contributed by atoms with E-state index in [1.54, 1.807) is 18.2 Å². The average molecular weight is 387 g/mol. The van der Waals surface area contributed by atoms with Crippen molar-refractivity contribution >= 4 is 5.65 Å². The van der Waals surface area contributed by atoms with Crippen LogP contribution < -0.4 is 15.2 Å². The molecule has 0 unspecified atom stereocenters. The Bertz CT molecular complexity index is 1080. The van der Waals surface area contributed by atoms with Crippen LogP contribution in [0.15, 0.2) is 47.4 Å². The molecule has 1 saturated heterocycles. The molecule has 0 saturated carbocycles. The molecule has 28 heavy (non-hydrogen) atoms. The van der Waals surface area contributed by atoms with Crippen LogP contribution in [0.2, 0.25) is 0 Å². The number of benzene rings is 1. The smallest absolute Gasteiger partial charge is 0.349 e. The normalized spacial score (nSPS) is 15.2. The molecule has 1 aliphatic rings. The van der Waals surface area contributed by atoms with Gasteiger partial charge in [-0.3, -0.25) is 4.90 Å². The van der Waals surface area contributed by atoms with E-state index in [2.05, 4.69) is 4.90 Å². The summed E-state index contributed by atoms with van der Waals surface area (Å²) in [6.45, 7) is 3.73. The van der Waals surface area contributed by atoms with Crippen LogP contribution in [-0.4, -0.2) is 42.1 Å². The molecule has 146 valence electrons. The standard InChI is InChI=1S/C20H19F2N3O3/c21-14-4-5-15(16(22)13-14)18-19(26)24-6-2-1-3-17(24)25(20(18)27)8-7-23-9-11-28-12-10-23/h1-6,13H,7-12H2. The summed E-state index contributed by atoms with van der Waals surface area (Å²) < 4.78 is 35.8. The first-order chi connectivity index (χ1) is 13.6. The molecular weight excluding hydrogens is 368 g/mol. The van der Waals surface area contributed by atoms with Crippen molar-refractivity contribution in [1.82, 2.24) is 9.30 Å². The SMILES string of the molecule is O=c1c(-c2ccc(F)cc2F)c([O-])[n+](CCN2CCOCC2)c2ccccn12. The van der Waals surface area contributed by atoms with Crippen LogP contribution in [0.25, 0.3) is 16.8 Å². The summed E-state index contributed by atoms with van der Waals surface area (Å²) in [6, 6.07) is 7.91. The first kappa shape index (κ1) is 18.5. The molecule has 8 heteroatoms. The molecule has 0 bridgehead atoms. The van der Waals surface area contributed by atoms with Crippen LogP contribution in [0.5, 0.6) is 5.88 Å². The maximum absolute atomic E-state index is 14.3. The molecule has 0 amide bonds. The molecule has 3 heterocycles. The van der Waals surface area contributed by atoms with E-state index in [-0.39, 0.29) is 11.1 Å². The summed E-state index contributed by atoms with van der Waals surface area (Å²) in [7, 11) is 0. The number of morpholine rings is 1. The lowest BCUT2D eigenvalue weighted by Gasteiger charge is -2.27. The molecule has 1 aliphatic heterocycles. The highest BCUT2D eigenvalue weighted by Crippen LogP contribution is 2.25. The third-order valence-electron chi connectivity index (χ3n) is 4.95. The molecule has 0 radical (unpaired) electrons. The van der Waals surface area contributed by atoms with Crippen molar-refractivity contribution in [3.63, 3.8) is 0 Å². The van der Waals surface area contributed by atoms with E-state index in [0.717, 1.165) is 25.2 Å². The van der Waals surface area contributed by atoms with E-state index in [0.29, 0.717) is 38.0 Å². The number of pyridine rings is 1. The van der Waals surface area contributed by atoms with Gasteiger partial charge in [-0.2, -0.15) is 4.40 Å². The summed E-state index contributed by atoms with van der Waals surface area (Å²) >= 11 is 0. The van der Waals surface area contributed by atoms with Crippen molar-refractivity contribution in [2.75, 3.05) is 32.8 Å². The number of ether oxygens (including phenoxy) is 1.